The Kier molecular flexibility index (Phi) is 3.84. The summed E-state index contributed by atoms with van der Waals surface area (Å²) in [6, 6.07) is 8.92. The van der Waals surface area contributed by atoms with Crippen molar-refractivity contribution in [2.24, 2.45) is 0 Å². The van der Waals surface area contributed by atoms with Gasteiger partial charge in [0.05, 0.1) is 21.2 Å². The molecule has 0 bridgehead atoms. The first-order valence-electron chi connectivity index (χ1n) is 7.46. The number of fused-ring (bicyclic) bond motifs is 3. The van der Waals surface area contributed by atoms with Crippen molar-refractivity contribution in [3.05, 3.63) is 57.7 Å². The lowest BCUT2D eigenvalue weighted by Gasteiger charge is -2.30. The lowest BCUT2D eigenvalue weighted by Crippen LogP contribution is -2.39. The Labute approximate surface area is 154 Å². The molecule has 0 fully saturated rings. The third-order valence-electron chi connectivity index (χ3n) is 4.26. The van der Waals surface area contributed by atoms with E-state index < -0.39 is 10.2 Å². The first kappa shape index (κ1) is 16.5. The zero-order valence-corrected chi connectivity index (χ0v) is 15.2. The molecule has 1 aromatic heterocycles. The van der Waals surface area contributed by atoms with E-state index in [0.717, 1.165) is 11.1 Å². The largest absolute Gasteiger partial charge is 0.398 e. The summed E-state index contributed by atoms with van der Waals surface area (Å²) in [6.07, 6.45) is 1.59. The van der Waals surface area contributed by atoms with Crippen LogP contribution in [-0.4, -0.2) is 17.7 Å². The number of H-pyrrole nitrogens is 1. The van der Waals surface area contributed by atoms with Crippen LogP contribution in [0, 0.1) is 0 Å². The summed E-state index contributed by atoms with van der Waals surface area (Å²) < 4.78 is 29.3. The molecule has 0 saturated carbocycles. The van der Waals surface area contributed by atoms with Gasteiger partial charge in [0.25, 0.3) is 0 Å². The topological polar surface area (TPSA) is 91.2 Å². The average molecular weight is 397 g/mol. The van der Waals surface area contributed by atoms with Gasteiger partial charge in [-0.3, -0.25) is 4.72 Å². The Morgan fingerprint density at radius 3 is 2.72 bits per heavy atom. The highest BCUT2D eigenvalue weighted by atomic mass is 35.5. The van der Waals surface area contributed by atoms with Crippen LogP contribution in [0.5, 0.6) is 0 Å². The van der Waals surface area contributed by atoms with Gasteiger partial charge in [-0.1, -0.05) is 41.4 Å². The van der Waals surface area contributed by atoms with Gasteiger partial charge in [-0.2, -0.15) is 12.7 Å². The lowest BCUT2D eigenvalue weighted by molar-refractivity contribution is 0.401. The second kappa shape index (κ2) is 5.81. The van der Waals surface area contributed by atoms with E-state index in [2.05, 4.69) is 9.71 Å². The average Bonchev–Trinajstić information content (AvgIpc) is 2.94. The molecule has 2 heterocycles. The zero-order valence-electron chi connectivity index (χ0n) is 12.9. The predicted molar refractivity (Wildman–Crippen MR) is 101 cm³/mol. The highest BCUT2D eigenvalue weighted by Gasteiger charge is 2.32. The number of hydrogen-bond acceptors (Lipinski definition) is 3. The lowest BCUT2D eigenvalue weighted by atomic mass is 10.1. The van der Waals surface area contributed by atoms with Crippen LogP contribution in [0.3, 0.4) is 0 Å². The maximum atomic E-state index is 12.7. The molecule has 6 nitrogen and oxygen atoms in total. The monoisotopic (exact) mass is 396 g/mol. The highest BCUT2D eigenvalue weighted by molar-refractivity contribution is 7.90. The summed E-state index contributed by atoms with van der Waals surface area (Å²) >= 11 is 12.5. The van der Waals surface area contributed by atoms with E-state index in [1.807, 2.05) is 12.1 Å². The van der Waals surface area contributed by atoms with Gasteiger partial charge in [0.1, 0.15) is 0 Å². The molecule has 25 heavy (non-hydrogen) atoms. The van der Waals surface area contributed by atoms with E-state index in [1.165, 1.54) is 4.31 Å². The Balaban J connectivity index is 1.79. The fraction of sp³-hybridized carbons (Fsp3) is 0.125. The van der Waals surface area contributed by atoms with Crippen LogP contribution >= 0.6 is 23.2 Å². The van der Waals surface area contributed by atoms with Crippen LogP contribution in [0.1, 0.15) is 11.1 Å². The molecule has 130 valence electrons. The van der Waals surface area contributed by atoms with Gasteiger partial charge in [0.2, 0.25) is 0 Å². The van der Waals surface area contributed by atoms with Crippen molar-refractivity contribution in [1.82, 2.24) is 9.29 Å². The number of halogens is 2. The molecule has 0 unspecified atom stereocenters. The number of nitrogens with two attached hydrogens (primary N) is 1. The van der Waals surface area contributed by atoms with Crippen molar-refractivity contribution in [2.75, 3.05) is 10.5 Å². The SMILES string of the molecule is Nc1ccccc1CN1Cc2cc(Cl)c3c(Cl)c[nH]c3c2NS1(=O)=O. The number of nitrogen functional groups attached to an aromatic ring is 1. The summed E-state index contributed by atoms with van der Waals surface area (Å²) in [5, 5.41) is 1.52. The van der Waals surface area contributed by atoms with Crippen LogP contribution in [0.4, 0.5) is 11.4 Å². The van der Waals surface area contributed by atoms with Gasteiger partial charge in [0.15, 0.2) is 0 Å². The minimum absolute atomic E-state index is 0.169. The fourth-order valence-electron chi connectivity index (χ4n) is 3.01. The molecule has 3 aromatic rings. The minimum Gasteiger partial charge on any atom is -0.398 e. The van der Waals surface area contributed by atoms with Crippen molar-refractivity contribution in [3.63, 3.8) is 0 Å². The van der Waals surface area contributed by atoms with Gasteiger partial charge < -0.3 is 10.7 Å². The number of rotatable bonds is 2. The molecular weight excluding hydrogens is 383 g/mol. The maximum absolute atomic E-state index is 12.7. The number of aromatic amines is 1. The molecule has 4 N–H and O–H groups in total. The Morgan fingerprint density at radius 1 is 1.20 bits per heavy atom. The van der Waals surface area contributed by atoms with Crippen molar-refractivity contribution < 1.29 is 8.42 Å². The fourth-order valence-corrected chi connectivity index (χ4v) is 4.87. The van der Waals surface area contributed by atoms with Gasteiger partial charge in [-0.05, 0) is 23.3 Å². The van der Waals surface area contributed by atoms with Crippen LogP contribution in [-0.2, 0) is 23.3 Å². The molecule has 1 aliphatic heterocycles. The quantitative estimate of drug-likeness (QED) is 0.576. The minimum atomic E-state index is -3.73. The first-order valence-corrected chi connectivity index (χ1v) is 9.65. The Bertz CT molecular complexity index is 1090. The second-order valence-corrected chi connectivity index (χ2v) is 8.34. The molecule has 4 rings (SSSR count). The Morgan fingerprint density at radius 2 is 1.96 bits per heavy atom. The van der Waals surface area contributed by atoms with Crippen LogP contribution in [0.25, 0.3) is 10.9 Å². The standard InChI is InChI=1S/C16H14Cl2N4O2S/c17-11-5-10-8-22(7-9-3-1-2-4-13(9)19)25(23,24)21-15(10)16-14(11)12(18)6-20-16/h1-6,20-21H,7-8,19H2. The van der Waals surface area contributed by atoms with Gasteiger partial charge in [-0.25, -0.2) is 0 Å². The van der Waals surface area contributed by atoms with E-state index in [9.17, 15) is 8.42 Å². The van der Waals surface area contributed by atoms with Crippen LogP contribution < -0.4 is 10.5 Å². The number of anilines is 2. The van der Waals surface area contributed by atoms with Crippen molar-refractivity contribution in [2.45, 2.75) is 13.1 Å². The number of hydrogen-bond donors (Lipinski definition) is 3. The highest BCUT2D eigenvalue weighted by Crippen LogP contribution is 2.40. The maximum Gasteiger partial charge on any atom is 0.302 e. The van der Waals surface area contributed by atoms with Gasteiger partial charge in [-0.15, -0.1) is 0 Å². The number of aromatic nitrogens is 1. The molecule has 9 heteroatoms. The number of nitrogens with one attached hydrogen (secondary N) is 2. The van der Waals surface area contributed by atoms with Crippen LogP contribution in [0.15, 0.2) is 36.5 Å². The molecule has 0 radical (unpaired) electrons. The molecule has 1 aliphatic rings. The first-order chi connectivity index (χ1) is 11.9. The summed E-state index contributed by atoms with van der Waals surface area (Å²) in [5.41, 5.74) is 9.05. The summed E-state index contributed by atoms with van der Waals surface area (Å²) in [5.74, 6) is 0. The number of benzene rings is 2. The van der Waals surface area contributed by atoms with E-state index in [-0.39, 0.29) is 13.1 Å². The van der Waals surface area contributed by atoms with E-state index in [0.29, 0.717) is 32.3 Å². The summed E-state index contributed by atoms with van der Waals surface area (Å²) in [7, 11) is -3.73. The second-order valence-electron chi connectivity index (χ2n) is 5.85. The van der Waals surface area contributed by atoms with Crippen molar-refractivity contribution >= 4 is 55.7 Å². The summed E-state index contributed by atoms with van der Waals surface area (Å²) in [4.78, 5) is 2.99. The number of para-hydroxylation sites is 1. The molecular formula is C16H14Cl2N4O2S. The molecule has 0 saturated heterocycles. The van der Waals surface area contributed by atoms with Crippen molar-refractivity contribution in [3.8, 4) is 0 Å². The van der Waals surface area contributed by atoms with E-state index in [4.69, 9.17) is 28.9 Å². The summed E-state index contributed by atoms with van der Waals surface area (Å²) in [6.45, 7) is 0.355. The van der Waals surface area contributed by atoms with E-state index in [1.54, 1.807) is 24.4 Å². The molecule has 0 spiro atoms. The van der Waals surface area contributed by atoms with Gasteiger partial charge >= 0.3 is 10.2 Å². The van der Waals surface area contributed by atoms with Gasteiger partial charge in [0, 0.05) is 30.4 Å². The molecule has 2 aromatic carbocycles. The molecule has 0 atom stereocenters. The van der Waals surface area contributed by atoms with Crippen molar-refractivity contribution in [1.29, 1.82) is 0 Å². The smallest absolute Gasteiger partial charge is 0.302 e. The number of nitrogens with zero attached hydrogens (tertiary/aromatic N) is 1. The Hall–Kier alpha value is -1.93. The molecule has 0 aliphatic carbocycles. The third-order valence-corrected chi connectivity index (χ3v) is 6.26. The molecule has 0 amide bonds. The third kappa shape index (κ3) is 2.73. The van der Waals surface area contributed by atoms with E-state index >= 15 is 0 Å². The predicted octanol–water partition coefficient (Wildman–Crippen LogP) is 3.73. The normalized spacial score (nSPS) is 16.6. The van der Waals surface area contributed by atoms with Crippen LogP contribution in [0.2, 0.25) is 10.0 Å². The zero-order chi connectivity index (χ0) is 17.8.